The summed E-state index contributed by atoms with van der Waals surface area (Å²) < 4.78 is 5.48. The minimum atomic E-state index is -0.684. The molecule has 1 atom stereocenters. The first-order chi connectivity index (χ1) is 13.2. The third kappa shape index (κ3) is 5.87. The van der Waals surface area contributed by atoms with Crippen LogP contribution in [0, 0.1) is 0 Å². The molecule has 0 aromatic heterocycles. The van der Waals surface area contributed by atoms with Gasteiger partial charge >= 0.3 is 6.09 Å². The summed E-state index contributed by atoms with van der Waals surface area (Å²) in [6.07, 6.45) is 2.36. The van der Waals surface area contributed by atoms with Crippen LogP contribution in [0.15, 0.2) is 18.2 Å². The maximum atomic E-state index is 12.7. The van der Waals surface area contributed by atoms with E-state index in [2.05, 4.69) is 16.1 Å². The third-order valence-electron chi connectivity index (χ3n) is 4.17. The highest BCUT2D eigenvalue weighted by atomic mass is 16.6. The molecular weight excluding hydrogens is 360 g/mol. The monoisotopic (exact) mass is 390 g/mol. The van der Waals surface area contributed by atoms with Crippen molar-refractivity contribution in [3.05, 3.63) is 23.8 Å². The number of nitrogens with zero attached hydrogens (tertiary/aromatic N) is 1. The normalized spacial score (nSPS) is 14.6. The number of nitrogens with one attached hydrogen (secondary N) is 3. The molecule has 3 N–H and O–H groups in total. The molecule has 1 fully saturated rings. The van der Waals surface area contributed by atoms with E-state index in [1.54, 1.807) is 52.9 Å². The average Bonchev–Trinajstić information content (AvgIpc) is 3.42. The number of amides is 2. The van der Waals surface area contributed by atoms with E-state index in [4.69, 9.17) is 4.74 Å². The Bertz CT molecular complexity index is 725. The highest BCUT2D eigenvalue weighted by molar-refractivity contribution is 6.02. The lowest BCUT2D eigenvalue weighted by molar-refractivity contribution is -0.108. The summed E-state index contributed by atoms with van der Waals surface area (Å²) in [7, 11) is 1.57. The topological polar surface area (TPSA) is 99.8 Å². The fourth-order valence-corrected chi connectivity index (χ4v) is 2.58. The van der Waals surface area contributed by atoms with Crippen LogP contribution in [-0.4, -0.2) is 48.0 Å². The van der Waals surface area contributed by atoms with Crippen LogP contribution < -0.4 is 16.1 Å². The number of anilines is 2. The van der Waals surface area contributed by atoms with E-state index < -0.39 is 17.7 Å². The molecule has 1 aromatic carbocycles. The van der Waals surface area contributed by atoms with Crippen molar-refractivity contribution >= 4 is 29.7 Å². The Morgan fingerprint density at radius 3 is 2.54 bits per heavy atom. The van der Waals surface area contributed by atoms with Gasteiger partial charge in [0.15, 0.2) is 0 Å². The zero-order valence-corrected chi connectivity index (χ0v) is 17.2. The first kappa shape index (κ1) is 21.5. The Balaban J connectivity index is 2.37. The van der Waals surface area contributed by atoms with Crippen LogP contribution in [0.2, 0.25) is 0 Å². The van der Waals surface area contributed by atoms with Crippen molar-refractivity contribution in [1.29, 1.82) is 0 Å². The van der Waals surface area contributed by atoms with Gasteiger partial charge in [-0.1, -0.05) is 6.07 Å². The molecule has 1 aliphatic carbocycles. The number of hydrogen-bond acceptors (Lipinski definition) is 6. The van der Waals surface area contributed by atoms with Crippen LogP contribution in [0.4, 0.5) is 16.2 Å². The first-order valence-electron chi connectivity index (χ1n) is 9.50. The number of benzene rings is 1. The van der Waals surface area contributed by atoms with E-state index in [1.807, 2.05) is 0 Å². The number of ether oxygens (including phenoxy) is 1. The van der Waals surface area contributed by atoms with Gasteiger partial charge in [-0.3, -0.25) is 10.2 Å². The van der Waals surface area contributed by atoms with Crippen molar-refractivity contribution < 1.29 is 19.1 Å². The summed E-state index contributed by atoms with van der Waals surface area (Å²) >= 11 is 0. The molecule has 0 unspecified atom stereocenters. The quantitative estimate of drug-likeness (QED) is 0.466. The molecule has 0 bridgehead atoms. The number of carbonyl (C=O) groups is 3. The standard InChI is InChI=1S/C20H30N4O4/c1-13(11-12-25)24(19(27)28-20(2,3)4)23-16-8-6-7-15(18(26)21-5)17(16)22-14-9-10-14/h6-8,12-14,22-23H,9-11H2,1-5H3,(H,21,26)/t13-/m0/s1. The molecule has 8 nitrogen and oxygen atoms in total. The second kappa shape index (κ2) is 8.95. The maximum Gasteiger partial charge on any atom is 0.429 e. The van der Waals surface area contributed by atoms with Crippen molar-refractivity contribution in [3.8, 4) is 0 Å². The molecule has 0 heterocycles. The molecule has 154 valence electrons. The van der Waals surface area contributed by atoms with Crippen molar-refractivity contribution in [2.45, 2.75) is 64.6 Å². The Labute approximate surface area is 166 Å². The fraction of sp³-hybridized carbons (Fsp3) is 0.550. The number of rotatable bonds is 8. The summed E-state index contributed by atoms with van der Waals surface area (Å²) in [5.41, 5.74) is 4.05. The van der Waals surface area contributed by atoms with Gasteiger partial charge in [0.25, 0.3) is 5.91 Å². The Kier molecular flexibility index (Phi) is 6.88. The van der Waals surface area contributed by atoms with Crippen molar-refractivity contribution in [1.82, 2.24) is 10.3 Å². The van der Waals surface area contributed by atoms with E-state index >= 15 is 0 Å². The van der Waals surface area contributed by atoms with Gasteiger partial charge in [0.2, 0.25) is 0 Å². The van der Waals surface area contributed by atoms with Gasteiger partial charge in [0, 0.05) is 19.5 Å². The van der Waals surface area contributed by atoms with Crippen molar-refractivity contribution in [2.75, 3.05) is 17.8 Å². The van der Waals surface area contributed by atoms with E-state index in [1.165, 1.54) is 5.01 Å². The zero-order chi connectivity index (χ0) is 20.9. The molecular formula is C20H30N4O4. The van der Waals surface area contributed by atoms with Crippen LogP contribution in [-0.2, 0) is 9.53 Å². The summed E-state index contributed by atoms with van der Waals surface area (Å²) in [6, 6.07) is 5.10. The molecule has 1 aliphatic rings. The Morgan fingerprint density at radius 1 is 1.32 bits per heavy atom. The number of hydrazine groups is 1. The molecule has 28 heavy (non-hydrogen) atoms. The summed E-state index contributed by atoms with van der Waals surface area (Å²) in [6.45, 7) is 7.08. The van der Waals surface area contributed by atoms with Gasteiger partial charge < -0.3 is 20.2 Å². The van der Waals surface area contributed by atoms with Gasteiger partial charge in [0.1, 0.15) is 11.9 Å². The molecule has 2 rings (SSSR count). The number of hydrogen-bond donors (Lipinski definition) is 3. The zero-order valence-electron chi connectivity index (χ0n) is 17.2. The fourth-order valence-electron chi connectivity index (χ4n) is 2.58. The molecule has 1 aromatic rings. The van der Waals surface area contributed by atoms with E-state index in [0.717, 1.165) is 19.1 Å². The number of carbonyl (C=O) groups excluding carboxylic acids is 3. The first-order valence-corrected chi connectivity index (χ1v) is 9.50. The van der Waals surface area contributed by atoms with Gasteiger partial charge in [-0.15, -0.1) is 0 Å². The van der Waals surface area contributed by atoms with Crippen LogP contribution >= 0.6 is 0 Å². The largest absolute Gasteiger partial charge is 0.442 e. The van der Waals surface area contributed by atoms with Crippen LogP contribution in [0.3, 0.4) is 0 Å². The van der Waals surface area contributed by atoms with E-state index in [0.29, 0.717) is 23.0 Å². The molecule has 8 heteroatoms. The Hall–Kier alpha value is -2.77. The van der Waals surface area contributed by atoms with Crippen LogP contribution in [0.25, 0.3) is 0 Å². The van der Waals surface area contributed by atoms with Gasteiger partial charge in [0.05, 0.1) is 23.0 Å². The van der Waals surface area contributed by atoms with E-state index in [-0.39, 0.29) is 12.3 Å². The molecule has 2 amide bonds. The molecule has 0 saturated heterocycles. The van der Waals surface area contributed by atoms with Gasteiger partial charge in [-0.05, 0) is 52.7 Å². The molecule has 0 spiro atoms. The lowest BCUT2D eigenvalue weighted by Gasteiger charge is -2.32. The lowest BCUT2D eigenvalue weighted by Crippen LogP contribution is -2.46. The van der Waals surface area contributed by atoms with Gasteiger partial charge in [-0.2, -0.15) is 0 Å². The summed E-state index contributed by atoms with van der Waals surface area (Å²) in [4.78, 5) is 36.0. The highest BCUT2D eigenvalue weighted by Gasteiger charge is 2.29. The predicted molar refractivity (Wildman–Crippen MR) is 108 cm³/mol. The van der Waals surface area contributed by atoms with Crippen molar-refractivity contribution in [2.24, 2.45) is 0 Å². The SMILES string of the molecule is CNC(=O)c1cccc(NN(C(=O)OC(C)(C)C)[C@@H](C)CC=O)c1NC1CC1. The molecule has 0 aliphatic heterocycles. The smallest absolute Gasteiger partial charge is 0.429 e. The lowest BCUT2D eigenvalue weighted by atomic mass is 10.1. The predicted octanol–water partition coefficient (Wildman–Crippen LogP) is 3.16. The average molecular weight is 390 g/mol. The highest BCUT2D eigenvalue weighted by Crippen LogP contribution is 2.33. The molecule has 0 radical (unpaired) electrons. The van der Waals surface area contributed by atoms with Crippen molar-refractivity contribution in [3.63, 3.8) is 0 Å². The van der Waals surface area contributed by atoms with Crippen LogP contribution in [0.1, 0.15) is 57.3 Å². The Morgan fingerprint density at radius 2 is 2.00 bits per heavy atom. The minimum Gasteiger partial charge on any atom is -0.442 e. The second-order valence-electron chi connectivity index (χ2n) is 7.94. The minimum absolute atomic E-state index is 0.146. The van der Waals surface area contributed by atoms with E-state index in [9.17, 15) is 14.4 Å². The summed E-state index contributed by atoms with van der Waals surface area (Å²) in [5, 5.41) is 7.29. The van der Waals surface area contributed by atoms with Crippen LogP contribution in [0.5, 0.6) is 0 Å². The van der Waals surface area contributed by atoms with Gasteiger partial charge in [-0.25, -0.2) is 9.80 Å². The molecule has 1 saturated carbocycles. The number of aldehydes is 1. The summed E-state index contributed by atoms with van der Waals surface area (Å²) in [5.74, 6) is -0.225. The second-order valence-corrected chi connectivity index (χ2v) is 7.94. The number of para-hydroxylation sites is 1. The third-order valence-corrected chi connectivity index (χ3v) is 4.17. The maximum absolute atomic E-state index is 12.7.